The van der Waals surface area contributed by atoms with Gasteiger partial charge in [0.25, 0.3) is 0 Å². The van der Waals surface area contributed by atoms with E-state index >= 15 is 0 Å². The molecule has 0 heterocycles. The Morgan fingerprint density at radius 2 is 0.964 bits per heavy atom. The Balaban J connectivity index is 4.01. The maximum Gasteiger partial charge on any atom is 0.329 e. The lowest BCUT2D eigenvalue weighted by atomic mass is 10.0. The number of carbonyl (C=O) groups is 6. The Morgan fingerprint density at radius 3 is 1.43 bits per heavy atom. The smallest absolute Gasteiger partial charge is 0.329 e. The van der Waals surface area contributed by atoms with Gasteiger partial charge in [-0.25, -0.2) is 4.79 Å². The minimum absolute atomic E-state index is 0.0142. The first-order valence-corrected chi connectivity index (χ1v) is 20.4. The topological polar surface area (TPSA) is 243 Å². The van der Waals surface area contributed by atoms with Crippen molar-refractivity contribution in [3.63, 3.8) is 0 Å². The van der Waals surface area contributed by atoms with E-state index in [0.717, 1.165) is 57.8 Å². The summed E-state index contributed by atoms with van der Waals surface area (Å²) in [7, 11) is 0. The third-order valence-electron chi connectivity index (χ3n) is 8.05. The van der Waals surface area contributed by atoms with Gasteiger partial charge >= 0.3 is 11.9 Å². The Hall–Kier alpha value is -3.38. The summed E-state index contributed by atoms with van der Waals surface area (Å²) in [6.45, 7) is 7.78. The Kier molecular flexibility index (Phi) is 33.8. The molecular formula is C39H73N5O12. The van der Waals surface area contributed by atoms with Crippen LogP contribution in [-0.2, 0) is 52.5 Å². The Labute approximate surface area is 333 Å². The lowest BCUT2D eigenvalue weighted by molar-refractivity contribution is -0.159. The number of hydrogen-bond donors (Lipinski definition) is 6. The summed E-state index contributed by atoms with van der Waals surface area (Å²) < 4.78 is 26.7. The molecule has 0 rings (SSSR count). The predicted molar refractivity (Wildman–Crippen MR) is 211 cm³/mol. The molecule has 0 spiro atoms. The molecule has 326 valence electrons. The number of nitrogens with two attached hydrogens (primary N) is 1. The van der Waals surface area contributed by atoms with Crippen LogP contribution in [0.1, 0.15) is 124 Å². The monoisotopic (exact) mass is 804 g/mol. The lowest BCUT2D eigenvalue weighted by Crippen LogP contribution is -2.44. The van der Waals surface area contributed by atoms with Crippen molar-refractivity contribution in [2.45, 2.75) is 135 Å². The van der Waals surface area contributed by atoms with Crippen molar-refractivity contribution in [2.75, 3.05) is 79.0 Å². The largest absolute Gasteiger partial charge is 0.481 e. The molecule has 56 heavy (non-hydrogen) atoms. The highest BCUT2D eigenvalue weighted by Crippen LogP contribution is 2.14. The number of aliphatic carboxylic acids is 1. The molecule has 17 nitrogen and oxygen atoms in total. The van der Waals surface area contributed by atoms with Crippen molar-refractivity contribution in [3.8, 4) is 0 Å². The van der Waals surface area contributed by atoms with Crippen LogP contribution >= 0.6 is 0 Å². The van der Waals surface area contributed by atoms with Crippen molar-refractivity contribution in [3.05, 3.63) is 0 Å². The second kappa shape index (κ2) is 36.0. The highest BCUT2D eigenvalue weighted by Gasteiger charge is 2.27. The summed E-state index contributed by atoms with van der Waals surface area (Å²) in [6.07, 6.45) is 13.2. The molecule has 0 radical (unpaired) electrons. The second-order valence-electron chi connectivity index (χ2n) is 14.5. The quantitative estimate of drug-likeness (QED) is 0.0389. The molecule has 1 atom stereocenters. The predicted octanol–water partition coefficient (Wildman–Crippen LogP) is 2.51. The van der Waals surface area contributed by atoms with Crippen molar-refractivity contribution >= 4 is 35.6 Å². The molecule has 0 fully saturated rings. The Morgan fingerprint density at radius 1 is 0.536 bits per heavy atom. The van der Waals surface area contributed by atoms with E-state index in [1.54, 1.807) is 20.8 Å². The Bertz CT molecular complexity index is 1070. The van der Waals surface area contributed by atoms with Crippen molar-refractivity contribution in [1.82, 2.24) is 21.3 Å². The number of rotatable bonds is 38. The van der Waals surface area contributed by atoms with E-state index in [9.17, 15) is 28.8 Å². The normalized spacial score (nSPS) is 11.8. The standard InChI is InChI=1S/C39H73N5O12/c1-39(2,3)56-38(51)32(44-34(46)16-14-12-10-8-6-4-5-7-9-11-13-15-17-37(49)50)18-19-33(45)42-22-24-52-26-29-55-31-36(48)43-23-25-53-27-28-54-30-35(47)41-21-20-40/h32H,4-31,40H2,1-3H3,(H,41,47)(H,42,45)(H,43,48)(H,44,46)(H,49,50)/t32-/m0/s1. The molecule has 0 saturated heterocycles. The van der Waals surface area contributed by atoms with E-state index in [-0.39, 0.29) is 102 Å². The van der Waals surface area contributed by atoms with Crippen LogP contribution in [0.5, 0.6) is 0 Å². The van der Waals surface area contributed by atoms with E-state index in [4.69, 9.17) is 34.5 Å². The van der Waals surface area contributed by atoms with Crippen LogP contribution in [0.15, 0.2) is 0 Å². The molecule has 0 saturated carbocycles. The number of carboxylic acid groups (broad SMARTS) is 1. The zero-order chi connectivity index (χ0) is 41.7. The SMILES string of the molecule is CC(C)(C)OC(=O)[C@H](CCC(=O)NCCOCCOCC(=O)NCCOCCOCC(=O)NCCN)NC(=O)CCCCCCCCCCCCCCC(=O)O. The first-order valence-electron chi connectivity index (χ1n) is 20.4. The minimum atomic E-state index is -0.935. The van der Waals surface area contributed by atoms with Crippen LogP contribution in [0.2, 0.25) is 0 Å². The first kappa shape index (κ1) is 52.6. The number of nitrogens with one attached hydrogen (secondary N) is 4. The first-order chi connectivity index (χ1) is 26.8. The zero-order valence-electron chi connectivity index (χ0n) is 34.4. The fourth-order valence-electron chi connectivity index (χ4n) is 5.19. The summed E-state index contributed by atoms with van der Waals surface area (Å²) in [4.78, 5) is 71.7. The number of carbonyl (C=O) groups excluding carboxylic acids is 5. The van der Waals surface area contributed by atoms with Crippen molar-refractivity contribution < 1.29 is 57.6 Å². The van der Waals surface area contributed by atoms with Crippen LogP contribution in [0.3, 0.4) is 0 Å². The summed E-state index contributed by atoms with van der Waals surface area (Å²) >= 11 is 0. The van der Waals surface area contributed by atoms with Gasteiger partial charge in [0, 0.05) is 45.4 Å². The average molecular weight is 804 g/mol. The number of hydrogen-bond acceptors (Lipinski definition) is 12. The fourth-order valence-corrected chi connectivity index (χ4v) is 5.19. The fraction of sp³-hybridized carbons (Fsp3) is 0.846. The van der Waals surface area contributed by atoms with Gasteiger partial charge in [-0.15, -0.1) is 0 Å². The van der Waals surface area contributed by atoms with Gasteiger partial charge in [0.1, 0.15) is 24.9 Å². The highest BCUT2D eigenvalue weighted by atomic mass is 16.6. The molecule has 0 aromatic rings. The molecule has 0 bridgehead atoms. The highest BCUT2D eigenvalue weighted by molar-refractivity contribution is 5.85. The van der Waals surface area contributed by atoms with Crippen LogP contribution in [0, 0.1) is 0 Å². The molecule has 0 aliphatic heterocycles. The summed E-state index contributed by atoms with van der Waals surface area (Å²) in [5.74, 6) is -2.37. The minimum Gasteiger partial charge on any atom is -0.481 e. The van der Waals surface area contributed by atoms with E-state index in [1.807, 2.05) is 0 Å². The maximum atomic E-state index is 12.8. The zero-order valence-corrected chi connectivity index (χ0v) is 34.4. The average Bonchev–Trinajstić information content (AvgIpc) is 3.13. The van der Waals surface area contributed by atoms with Crippen molar-refractivity contribution in [1.29, 1.82) is 0 Å². The van der Waals surface area contributed by atoms with Gasteiger partial charge in [-0.05, 0) is 40.0 Å². The van der Waals surface area contributed by atoms with Gasteiger partial charge in [-0.3, -0.25) is 24.0 Å². The van der Waals surface area contributed by atoms with Gasteiger partial charge in [-0.1, -0.05) is 64.2 Å². The molecule has 17 heteroatoms. The van der Waals surface area contributed by atoms with Crippen LogP contribution in [0.4, 0.5) is 0 Å². The number of carboxylic acids is 1. The lowest BCUT2D eigenvalue weighted by Gasteiger charge is -2.24. The summed E-state index contributed by atoms with van der Waals surface area (Å²) in [6, 6.07) is -0.935. The van der Waals surface area contributed by atoms with E-state index in [2.05, 4.69) is 21.3 Å². The summed E-state index contributed by atoms with van der Waals surface area (Å²) in [5, 5.41) is 19.4. The van der Waals surface area contributed by atoms with Gasteiger partial charge in [-0.2, -0.15) is 0 Å². The van der Waals surface area contributed by atoms with Gasteiger partial charge < -0.3 is 55.8 Å². The van der Waals surface area contributed by atoms with Gasteiger partial charge in [0.05, 0.1) is 39.6 Å². The molecular weight excluding hydrogens is 730 g/mol. The second-order valence-corrected chi connectivity index (χ2v) is 14.5. The number of unbranched alkanes of at least 4 members (excludes halogenated alkanes) is 11. The van der Waals surface area contributed by atoms with Crippen LogP contribution in [0.25, 0.3) is 0 Å². The van der Waals surface area contributed by atoms with Crippen LogP contribution < -0.4 is 27.0 Å². The van der Waals surface area contributed by atoms with E-state index in [0.29, 0.717) is 26.1 Å². The number of esters is 1. The molecule has 0 aliphatic rings. The number of ether oxygens (including phenoxy) is 5. The third-order valence-corrected chi connectivity index (χ3v) is 8.05. The molecule has 0 unspecified atom stereocenters. The van der Waals surface area contributed by atoms with Gasteiger partial charge in [0.2, 0.25) is 23.6 Å². The molecule has 4 amide bonds. The molecule has 0 aliphatic carbocycles. The van der Waals surface area contributed by atoms with Crippen LogP contribution in [-0.4, -0.2) is 131 Å². The molecule has 0 aromatic heterocycles. The van der Waals surface area contributed by atoms with Gasteiger partial charge in [0.15, 0.2) is 0 Å². The molecule has 0 aromatic carbocycles. The third kappa shape index (κ3) is 37.5. The van der Waals surface area contributed by atoms with Crippen molar-refractivity contribution in [2.24, 2.45) is 5.73 Å². The number of amides is 4. The van der Waals surface area contributed by atoms with E-state index < -0.39 is 23.6 Å². The maximum absolute atomic E-state index is 12.8. The summed E-state index contributed by atoms with van der Waals surface area (Å²) in [5.41, 5.74) is 4.56. The van der Waals surface area contributed by atoms with E-state index in [1.165, 1.54) is 19.3 Å². The molecule has 7 N–H and O–H groups in total.